The van der Waals surface area contributed by atoms with Gasteiger partial charge in [-0.1, -0.05) is 28.4 Å². The van der Waals surface area contributed by atoms with Crippen LogP contribution in [0.2, 0.25) is 10.2 Å². The van der Waals surface area contributed by atoms with Gasteiger partial charge in [-0.15, -0.1) is 0 Å². The summed E-state index contributed by atoms with van der Waals surface area (Å²) >= 11 is 11.7. The van der Waals surface area contributed by atoms with Crippen LogP contribution in [0.5, 0.6) is 0 Å². The smallest absolute Gasteiger partial charge is 0.255 e. The summed E-state index contributed by atoms with van der Waals surface area (Å²) in [6.45, 7) is 4.31. The van der Waals surface area contributed by atoms with Crippen LogP contribution < -0.4 is 0 Å². The Bertz CT molecular complexity index is 957. The maximum absolute atomic E-state index is 13.0. The van der Waals surface area contributed by atoms with E-state index in [1.165, 1.54) is 16.6 Å². The third-order valence-electron chi connectivity index (χ3n) is 4.35. The molecule has 146 valence electrons. The van der Waals surface area contributed by atoms with Gasteiger partial charge in [0, 0.05) is 32.4 Å². The molecule has 1 aliphatic rings. The molecule has 2 aromatic rings. The molecule has 0 aromatic carbocycles. The van der Waals surface area contributed by atoms with Crippen LogP contribution >= 0.6 is 23.2 Å². The number of aromatic nitrogens is 2. The fourth-order valence-electron chi connectivity index (χ4n) is 3.03. The molecular weight excluding hydrogens is 415 g/mol. The van der Waals surface area contributed by atoms with Crippen molar-refractivity contribution >= 4 is 39.1 Å². The first-order chi connectivity index (χ1) is 12.7. The monoisotopic (exact) mass is 432 g/mol. The number of halogens is 2. The molecular formula is C16H18Cl2N4O4S. The molecule has 0 atom stereocenters. The van der Waals surface area contributed by atoms with E-state index < -0.39 is 10.0 Å². The number of carbonyl (C=O) groups is 1. The third-order valence-corrected chi connectivity index (χ3v) is 7.18. The van der Waals surface area contributed by atoms with Gasteiger partial charge in [-0.05, 0) is 26.3 Å². The van der Waals surface area contributed by atoms with Crippen LogP contribution in [0.15, 0.2) is 21.7 Å². The van der Waals surface area contributed by atoms with Gasteiger partial charge < -0.3 is 9.42 Å². The molecule has 11 heteroatoms. The van der Waals surface area contributed by atoms with Gasteiger partial charge in [-0.2, -0.15) is 4.31 Å². The lowest BCUT2D eigenvalue weighted by molar-refractivity contribution is 0.0764. The Morgan fingerprint density at radius 2 is 1.93 bits per heavy atom. The number of amides is 1. The van der Waals surface area contributed by atoms with Crippen molar-refractivity contribution in [2.45, 2.75) is 25.2 Å². The predicted octanol–water partition coefficient (Wildman–Crippen LogP) is 2.53. The predicted molar refractivity (Wildman–Crippen MR) is 99.5 cm³/mol. The van der Waals surface area contributed by atoms with Crippen LogP contribution in [-0.2, 0) is 10.0 Å². The van der Waals surface area contributed by atoms with Gasteiger partial charge in [0.15, 0.2) is 5.76 Å². The molecule has 8 nitrogen and oxygen atoms in total. The lowest BCUT2D eigenvalue weighted by Crippen LogP contribution is -2.37. The second kappa shape index (κ2) is 7.75. The Kier molecular flexibility index (Phi) is 5.76. The number of hydrogen-bond acceptors (Lipinski definition) is 6. The summed E-state index contributed by atoms with van der Waals surface area (Å²) in [6, 6.07) is 1.46. The standard InChI is InChI=1S/C16H18Cl2N4O4S/c1-10-14(11(2)26-20-10)27(24,25)22-5-3-4-21(6-7-22)16(23)12-8-13(17)15(18)19-9-12/h8-9H,3-7H2,1-2H3. The van der Waals surface area contributed by atoms with E-state index in [2.05, 4.69) is 10.1 Å². The Balaban J connectivity index is 1.77. The normalized spacial score (nSPS) is 16.4. The van der Waals surface area contributed by atoms with E-state index in [4.69, 9.17) is 27.7 Å². The summed E-state index contributed by atoms with van der Waals surface area (Å²) in [7, 11) is -3.74. The molecule has 0 bridgehead atoms. The second-order valence-electron chi connectivity index (χ2n) is 6.20. The molecule has 3 heterocycles. The summed E-state index contributed by atoms with van der Waals surface area (Å²) < 4.78 is 32.3. The minimum absolute atomic E-state index is 0.0935. The highest BCUT2D eigenvalue weighted by Crippen LogP contribution is 2.25. The maximum Gasteiger partial charge on any atom is 0.255 e. The molecule has 0 aliphatic carbocycles. The van der Waals surface area contributed by atoms with Crippen LogP contribution in [0.1, 0.15) is 28.2 Å². The van der Waals surface area contributed by atoms with Crippen LogP contribution in [0, 0.1) is 13.8 Å². The minimum atomic E-state index is -3.74. The Morgan fingerprint density at radius 3 is 2.56 bits per heavy atom. The highest BCUT2D eigenvalue weighted by Gasteiger charge is 2.33. The van der Waals surface area contributed by atoms with Crippen LogP contribution in [0.25, 0.3) is 0 Å². The van der Waals surface area contributed by atoms with E-state index in [1.54, 1.807) is 18.7 Å². The lowest BCUT2D eigenvalue weighted by atomic mass is 10.2. The van der Waals surface area contributed by atoms with Gasteiger partial charge in [0.25, 0.3) is 5.91 Å². The topological polar surface area (TPSA) is 96.6 Å². The summed E-state index contributed by atoms with van der Waals surface area (Å²) in [4.78, 5) is 18.3. The second-order valence-corrected chi connectivity index (χ2v) is 8.84. The van der Waals surface area contributed by atoms with E-state index in [-0.39, 0.29) is 39.8 Å². The number of nitrogens with zero attached hydrogens (tertiary/aromatic N) is 4. The molecule has 0 spiro atoms. The van der Waals surface area contributed by atoms with E-state index in [1.807, 2.05) is 0 Å². The molecule has 1 fully saturated rings. The minimum Gasteiger partial charge on any atom is -0.360 e. The zero-order chi connectivity index (χ0) is 19.8. The number of carbonyl (C=O) groups excluding carboxylic acids is 1. The molecule has 0 saturated carbocycles. The molecule has 2 aromatic heterocycles. The van der Waals surface area contributed by atoms with Crippen molar-refractivity contribution in [1.29, 1.82) is 0 Å². The molecule has 0 N–H and O–H groups in total. The zero-order valence-corrected chi connectivity index (χ0v) is 17.1. The van der Waals surface area contributed by atoms with Gasteiger partial charge in [0.2, 0.25) is 10.0 Å². The van der Waals surface area contributed by atoms with Gasteiger partial charge in [0.1, 0.15) is 15.7 Å². The Labute approximate surface area is 167 Å². The van der Waals surface area contributed by atoms with Crippen molar-refractivity contribution in [2.24, 2.45) is 0 Å². The molecule has 1 amide bonds. The van der Waals surface area contributed by atoms with E-state index in [0.717, 1.165) is 0 Å². The molecule has 0 radical (unpaired) electrons. The van der Waals surface area contributed by atoms with Crippen molar-refractivity contribution in [2.75, 3.05) is 26.2 Å². The lowest BCUT2D eigenvalue weighted by Gasteiger charge is -2.22. The highest BCUT2D eigenvalue weighted by atomic mass is 35.5. The first-order valence-electron chi connectivity index (χ1n) is 8.25. The van der Waals surface area contributed by atoms with E-state index in [0.29, 0.717) is 30.8 Å². The summed E-state index contributed by atoms with van der Waals surface area (Å²) in [5.41, 5.74) is 0.637. The average molecular weight is 433 g/mol. The number of aryl methyl sites for hydroxylation is 2. The summed E-state index contributed by atoms with van der Waals surface area (Å²) in [5, 5.41) is 4.04. The average Bonchev–Trinajstić information content (AvgIpc) is 2.83. The van der Waals surface area contributed by atoms with E-state index >= 15 is 0 Å². The molecule has 3 rings (SSSR count). The fourth-order valence-corrected chi connectivity index (χ4v) is 5.06. The first kappa shape index (κ1) is 20.1. The van der Waals surface area contributed by atoms with Crippen LogP contribution in [-0.4, -0.2) is 59.8 Å². The van der Waals surface area contributed by atoms with E-state index in [9.17, 15) is 13.2 Å². The maximum atomic E-state index is 13.0. The molecule has 1 aliphatic heterocycles. The Morgan fingerprint density at radius 1 is 1.19 bits per heavy atom. The summed E-state index contributed by atoms with van der Waals surface area (Å²) in [6.07, 6.45) is 1.86. The number of sulfonamides is 1. The van der Waals surface area contributed by atoms with Crippen molar-refractivity contribution in [3.05, 3.63) is 39.5 Å². The Hall–Kier alpha value is -1.68. The largest absolute Gasteiger partial charge is 0.360 e. The number of hydrogen-bond donors (Lipinski definition) is 0. The van der Waals surface area contributed by atoms with Crippen molar-refractivity contribution in [3.8, 4) is 0 Å². The number of pyridine rings is 1. The quantitative estimate of drug-likeness (QED) is 0.691. The van der Waals surface area contributed by atoms with Crippen molar-refractivity contribution in [1.82, 2.24) is 19.3 Å². The van der Waals surface area contributed by atoms with Crippen LogP contribution in [0.4, 0.5) is 0 Å². The van der Waals surface area contributed by atoms with Crippen molar-refractivity contribution < 1.29 is 17.7 Å². The molecule has 27 heavy (non-hydrogen) atoms. The first-order valence-corrected chi connectivity index (χ1v) is 10.4. The van der Waals surface area contributed by atoms with Crippen molar-refractivity contribution in [3.63, 3.8) is 0 Å². The fraction of sp³-hybridized carbons (Fsp3) is 0.438. The zero-order valence-electron chi connectivity index (χ0n) is 14.8. The summed E-state index contributed by atoms with van der Waals surface area (Å²) in [5.74, 6) is -0.00999. The van der Waals surface area contributed by atoms with Gasteiger partial charge >= 0.3 is 0 Å². The molecule has 0 unspecified atom stereocenters. The van der Waals surface area contributed by atoms with Gasteiger partial charge in [-0.25, -0.2) is 13.4 Å². The third kappa shape index (κ3) is 3.96. The van der Waals surface area contributed by atoms with Crippen LogP contribution in [0.3, 0.4) is 0 Å². The van der Waals surface area contributed by atoms with Gasteiger partial charge in [-0.3, -0.25) is 4.79 Å². The molecule has 1 saturated heterocycles. The highest BCUT2D eigenvalue weighted by molar-refractivity contribution is 7.89. The van der Waals surface area contributed by atoms with Gasteiger partial charge in [0.05, 0.1) is 10.6 Å². The number of rotatable bonds is 3. The SMILES string of the molecule is Cc1noc(C)c1S(=O)(=O)N1CCCN(C(=O)c2cnc(Cl)c(Cl)c2)CC1.